The lowest BCUT2D eigenvalue weighted by molar-refractivity contribution is 0.0773. The molecule has 122 valence electrons. The fourth-order valence-electron chi connectivity index (χ4n) is 2.34. The zero-order chi connectivity index (χ0) is 16.7. The van der Waals surface area contributed by atoms with Crippen LogP contribution in [0.3, 0.4) is 0 Å². The first-order valence-corrected chi connectivity index (χ1v) is 8.25. The Labute approximate surface area is 142 Å². The molecule has 1 amide bonds. The molecule has 4 nitrogen and oxygen atoms in total. The summed E-state index contributed by atoms with van der Waals surface area (Å²) < 4.78 is 0. The first kappa shape index (κ1) is 17.3. The maximum atomic E-state index is 12.3. The van der Waals surface area contributed by atoms with Crippen LogP contribution in [0.1, 0.15) is 29.8 Å². The van der Waals surface area contributed by atoms with Crippen molar-refractivity contribution in [3.05, 3.63) is 58.7 Å². The second-order valence-corrected chi connectivity index (χ2v) is 5.65. The van der Waals surface area contributed by atoms with E-state index in [2.05, 4.69) is 10.3 Å². The standard InChI is InChI=1S/C18H22ClN3O/c1-3-22(4-2)18(23)15-10-12-21-17(13-15)20-11-9-14-5-7-16(19)8-6-14/h5-8,10,12-13H,3-4,9,11H2,1-2H3,(H,20,21). The van der Waals surface area contributed by atoms with Crippen molar-refractivity contribution in [3.8, 4) is 0 Å². The molecule has 0 saturated heterocycles. The molecule has 2 aromatic rings. The van der Waals surface area contributed by atoms with E-state index in [-0.39, 0.29) is 5.91 Å². The Morgan fingerprint density at radius 2 is 1.87 bits per heavy atom. The second-order valence-electron chi connectivity index (χ2n) is 5.21. The van der Waals surface area contributed by atoms with Gasteiger partial charge in [0, 0.05) is 36.4 Å². The largest absolute Gasteiger partial charge is 0.370 e. The number of anilines is 1. The molecule has 0 saturated carbocycles. The number of rotatable bonds is 7. The summed E-state index contributed by atoms with van der Waals surface area (Å²) >= 11 is 5.88. The molecular formula is C18H22ClN3O. The van der Waals surface area contributed by atoms with Gasteiger partial charge in [0.2, 0.25) is 0 Å². The predicted molar refractivity (Wildman–Crippen MR) is 95.1 cm³/mol. The SMILES string of the molecule is CCN(CC)C(=O)c1ccnc(NCCc2ccc(Cl)cc2)c1. The Morgan fingerprint density at radius 1 is 1.17 bits per heavy atom. The van der Waals surface area contributed by atoms with Gasteiger partial charge in [-0.25, -0.2) is 4.98 Å². The predicted octanol–water partition coefficient (Wildman–Crippen LogP) is 3.87. The summed E-state index contributed by atoms with van der Waals surface area (Å²) in [5, 5.41) is 4.00. The summed E-state index contributed by atoms with van der Waals surface area (Å²) in [6, 6.07) is 11.4. The Hall–Kier alpha value is -2.07. The zero-order valence-electron chi connectivity index (χ0n) is 13.6. The number of aromatic nitrogens is 1. The first-order chi connectivity index (χ1) is 11.1. The lowest BCUT2D eigenvalue weighted by Crippen LogP contribution is -2.30. The maximum absolute atomic E-state index is 12.3. The van der Waals surface area contributed by atoms with Gasteiger partial charge in [-0.05, 0) is 50.1 Å². The van der Waals surface area contributed by atoms with Gasteiger partial charge in [0.25, 0.3) is 5.91 Å². The van der Waals surface area contributed by atoms with Crippen LogP contribution in [0.5, 0.6) is 0 Å². The highest BCUT2D eigenvalue weighted by atomic mass is 35.5. The van der Waals surface area contributed by atoms with E-state index in [9.17, 15) is 4.79 Å². The normalized spacial score (nSPS) is 10.4. The van der Waals surface area contributed by atoms with Crippen LogP contribution >= 0.6 is 11.6 Å². The van der Waals surface area contributed by atoms with E-state index in [0.29, 0.717) is 18.7 Å². The fourth-order valence-corrected chi connectivity index (χ4v) is 2.47. The van der Waals surface area contributed by atoms with Crippen molar-refractivity contribution in [2.75, 3.05) is 25.0 Å². The molecule has 23 heavy (non-hydrogen) atoms. The van der Waals surface area contributed by atoms with Gasteiger partial charge in [-0.2, -0.15) is 0 Å². The van der Waals surface area contributed by atoms with Crippen molar-refractivity contribution in [1.82, 2.24) is 9.88 Å². The minimum Gasteiger partial charge on any atom is -0.370 e. The fraction of sp³-hybridized carbons (Fsp3) is 0.333. The lowest BCUT2D eigenvalue weighted by atomic mass is 10.1. The van der Waals surface area contributed by atoms with Crippen LogP contribution in [-0.4, -0.2) is 35.4 Å². The van der Waals surface area contributed by atoms with E-state index < -0.39 is 0 Å². The number of carbonyl (C=O) groups is 1. The van der Waals surface area contributed by atoms with Gasteiger partial charge in [0.1, 0.15) is 5.82 Å². The highest BCUT2D eigenvalue weighted by Gasteiger charge is 2.12. The van der Waals surface area contributed by atoms with Crippen LogP contribution < -0.4 is 5.32 Å². The second kappa shape index (κ2) is 8.53. The molecule has 0 aliphatic rings. The van der Waals surface area contributed by atoms with Crippen LogP contribution in [0.4, 0.5) is 5.82 Å². The highest BCUT2D eigenvalue weighted by molar-refractivity contribution is 6.30. The molecule has 1 heterocycles. The molecule has 0 aliphatic heterocycles. The number of hydrogen-bond donors (Lipinski definition) is 1. The van der Waals surface area contributed by atoms with E-state index in [0.717, 1.165) is 23.8 Å². The molecule has 5 heteroatoms. The Morgan fingerprint density at radius 3 is 2.52 bits per heavy atom. The zero-order valence-corrected chi connectivity index (χ0v) is 14.3. The highest BCUT2D eigenvalue weighted by Crippen LogP contribution is 2.12. The van der Waals surface area contributed by atoms with Crippen LogP contribution in [-0.2, 0) is 6.42 Å². The van der Waals surface area contributed by atoms with Crippen molar-refractivity contribution in [2.24, 2.45) is 0 Å². The average Bonchev–Trinajstić information content (AvgIpc) is 2.58. The number of benzene rings is 1. The van der Waals surface area contributed by atoms with Gasteiger partial charge in [0.05, 0.1) is 0 Å². The lowest BCUT2D eigenvalue weighted by Gasteiger charge is -2.18. The molecule has 0 atom stereocenters. The molecule has 0 bridgehead atoms. The Balaban J connectivity index is 1.94. The number of halogens is 1. The smallest absolute Gasteiger partial charge is 0.254 e. The third-order valence-corrected chi connectivity index (χ3v) is 3.94. The van der Waals surface area contributed by atoms with Crippen molar-refractivity contribution in [2.45, 2.75) is 20.3 Å². The molecule has 1 aromatic carbocycles. The van der Waals surface area contributed by atoms with Crippen LogP contribution in [0.15, 0.2) is 42.6 Å². The van der Waals surface area contributed by atoms with Gasteiger partial charge in [-0.3, -0.25) is 4.79 Å². The third kappa shape index (κ3) is 4.96. The Kier molecular flexibility index (Phi) is 6.41. The Bertz CT molecular complexity index is 639. The van der Waals surface area contributed by atoms with Crippen LogP contribution in [0.2, 0.25) is 5.02 Å². The minimum atomic E-state index is 0.0400. The number of hydrogen-bond acceptors (Lipinski definition) is 3. The van der Waals surface area contributed by atoms with E-state index in [4.69, 9.17) is 11.6 Å². The van der Waals surface area contributed by atoms with Gasteiger partial charge in [-0.15, -0.1) is 0 Å². The molecule has 1 N–H and O–H groups in total. The molecule has 0 radical (unpaired) electrons. The summed E-state index contributed by atoms with van der Waals surface area (Å²) in [4.78, 5) is 18.4. The van der Waals surface area contributed by atoms with Crippen molar-refractivity contribution >= 4 is 23.3 Å². The molecular weight excluding hydrogens is 310 g/mol. The molecule has 1 aromatic heterocycles. The first-order valence-electron chi connectivity index (χ1n) is 7.87. The number of amides is 1. The maximum Gasteiger partial charge on any atom is 0.254 e. The quantitative estimate of drug-likeness (QED) is 0.837. The van der Waals surface area contributed by atoms with Gasteiger partial charge in [-0.1, -0.05) is 23.7 Å². The summed E-state index contributed by atoms with van der Waals surface area (Å²) in [5.74, 6) is 0.759. The van der Waals surface area contributed by atoms with E-state index in [1.54, 1.807) is 17.2 Å². The number of carbonyl (C=O) groups excluding carboxylic acids is 1. The van der Waals surface area contributed by atoms with Gasteiger partial charge >= 0.3 is 0 Å². The van der Waals surface area contributed by atoms with Crippen molar-refractivity contribution < 1.29 is 4.79 Å². The van der Waals surface area contributed by atoms with Crippen molar-refractivity contribution in [3.63, 3.8) is 0 Å². The van der Waals surface area contributed by atoms with Crippen LogP contribution in [0, 0.1) is 0 Å². The topological polar surface area (TPSA) is 45.2 Å². The summed E-state index contributed by atoms with van der Waals surface area (Å²) in [6.07, 6.45) is 2.54. The van der Waals surface area contributed by atoms with E-state index >= 15 is 0 Å². The minimum absolute atomic E-state index is 0.0400. The molecule has 0 unspecified atom stereocenters. The summed E-state index contributed by atoms with van der Waals surface area (Å²) in [5.41, 5.74) is 1.87. The number of pyridine rings is 1. The van der Waals surface area contributed by atoms with Gasteiger partial charge < -0.3 is 10.2 Å². The number of nitrogens with zero attached hydrogens (tertiary/aromatic N) is 2. The molecule has 0 spiro atoms. The molecule has 0 fully saturated rings. The van der Waals surface area contributed by atoms with Crippen molar-refractivity contribution in [1.29, 1.82) is 0 Å². The molecule has 2 rings (SSSR count). The summed E-state index contributed by atoms with van der Waals surface area (Å²) in [6.45, 7) is 6.12. The summed E-state index contributed by atoms with van der Waals surface area (Å²) in [7, 11) is 0. The number of nitrogens with one attached hydrogen (secondary N) is 1. The third-order valence-electron chi connectivity index (χ3n) is 3.69. The average molecular weight is 332 g/mol. The molecule has 0 aliphatic carbocycles. The van der Waals surface area contributed by atoms with E-state index in [1.807, 2.05) is 44.2 Å². The van der Waals surface area contributed by atoms with E-state index in [1.165, 1.54) is 5.56 Å². The monoisotopic (exact) mass is 331 g/mol. The van der Waals surface area contributed by atoms with Gasteiger partial charge in [0.15, 0.2) is 0 Å². The van der Waals surface area contributed by atoms with Crippen LogP contribution in [0.25, 0.3) is 0 Å².